The Hall–Kier alpha value is -1.27. The van der Waals surface area contributed by atoms with E-state index in [0.717, 1.165) is 23.1 Å². The molecule has 0 aliphatic carbocycles. The molecule has 0 amide bonds. The third kappa shape index (κ3) is 3.77. The molecule has 1 rings (SSSR count). The van der Waals surface area contributed by atoms with E-state index in [9.17, 15) is 0 Å². The van der Waals surface area contributed by atoms with Gasteiger partial charge in [0.15, 0.2) is 0 Å². The van der Waals surface area contributed by atoms with Crippen molar-refractivity contribution < 1.29 is 4.74 Å². The normalized spacial score (nSPS) is 9.33. The molecule has 0 saturated heterocycles. The Morgan fingerprint density at radius 1 is 1.53 bits per heavy atom. The largest absolute Gasteiger partial charge is 0.494 e. The van der Waals surface area contributed by atoms with Crippen LogP contribution in [0.4, 0.5) is 0 Å². The summed E-state index contributed by atoms with van der Waals surface area (Å²) >= 11 is 3.31. The Labute approximate surface area is 98.3 Å². The van der Waals surface area contributed by atoms with Gasteiger partial charge in [0.25, 0.3) is 0 Å². The van der Waals surface area contributed by atoms with Crippen molar-refractivity contribution in [1.29, 1.82) is 5.26 Å². The molecular weight excluding hydrogens is 254 g/mol. The van der Waals surface area contributed by atoms with Gasteiger partial charge in [0.05, 0.1) is 12.2 Å². The average molecular weight is 266 g/mol. The molecule has 0 aliphatic heterocycles. The smallest absolute Gasteiger partial charge is 0.120 e. The predicted molar refractivity (Wildman–Crippen MR) is 63.8 cm³/mol. The monoisotopic (exact) mass is 265 g/mol. The van der Waals surface area contributed by atoms with E-state index in [2.05, 4.69) is 28.6 Å². The van der Waals surface area contributed by atoms with E-state index in [1.54, 1.807) is 12.1 Å². The van der Waals surface area contributed by atoms with E-state index in [1.807, 2.05) is 12.1 Å². The maximum Gasteiger partial charge on any atom is 0.120 e. The van der Waals surface area contributed by atoms with E-state index in [0.29, 0.717) is 12.2 Å². The van der Waals surface area contributed by atoms with Gasteiger partial charge in [0.2, 0.25) is 0 Å². The summed E-state index contributed by atoms with van der Waals surface area (Å²) in [6.07, 6.45) is 3.79. The van der Waals surface area contributed by atoms with Crippen LogP contribution < -0.4 is 4.74 Å². The SMILES string of the molecule is C=CCCCOc1ccc(C#N)c(Br)c1. The molecule has 15 heavy (non-hydrogen) atoms. The van der Waals surface area contributed by atoms with Crippen molar-refractivity contribution in [3.05, 3.63) is 40.9 Å². The molecule has 0 N–H and O–H groups in total. The topological polar surface area (TPSA) is 33.0 Å². The van der Waals surface area contributed by atoms with Crippen molar-refractivity contribution in [3.8, 4) is 11.8 Å². The third-order valence-corrected chi connectivity index (χ3v) is 2.54. The fourth-order valence-electron chi connectivity index (χ4n) is 1.09. The van der Waals surface area contributed by atoms with Crippen LogP contribution in [-0.2, 0) is 0 Å². The lowest BCUT2D eigenvalue weighted by atomic mass is 10.2. The van der Waals surface area contributed by atoms with Gasteiger partial charge in [-0.2, -0.15) is 5.26 Å². The zero-order valence-electron chi connectivity index (χ0n) is 8.37. The molecule has 2 nitrogen and oxygen atoms in total. The summed E-state index contributed by atoms with van der Waals surface area (Å²) in [5.74, 6) is 0.782. The minimum atomic E-state index is 0.619. The van der Waals surface area contributed by atoms with Crippen LogP contribution in [0.5, 0.6) is 5.75 Å². The predicted octanol–water partition coefficient (Wildman–Crippen LogP) is 3.67. The van der Waals surface area contributed by atoms with Crippen LogP contribution in [0.2, 0.25) is 0 Å². The summed E-state index contributed by atoms with van der Waals surface area (Å²) in [5, 5.41) is 8.72. The van der Waals surface area contributed by atoms with Crippen LogP contribution >= 0.6 is 15.9 Å². The number of rotatable bonds is 5. The molecular formula is C12H12BrNO. The van der Waals surface area contributed by atoms with E-state index in [-0.39, 0.29) is 0 Å². The van der Waals surface area contributed by atoms with Gasteiger partial charge >= 0.3 is 0 Å². The molecule has 0 aromatic heterocycles. The molecule has 0 spiro atoms. The van der Waals surface area contributed by atoms with Crippen molar-refractivity contribution in [2.75, 3.05) is 6.61 Å². The van der Waals surface area contributed by atoms with Crippen LogP contribution in [0.3, 0.4) is 0 Å². The summed E-state index contributed by atoms with van der Waals surface area (Å²) < 4.78 is 6.27. The van der Waals surface area contributed by atoms with Crippen LogP contribution in [0.1, 0.15) is 18.4 Å². The molecule has 0 atom stereocenters. The van der Waals surface area contributed by atoms with Gasteiger partial charge < -0.3 is 4.74 Å². The van der Waals surface area contributed by atoms with Crippen molar-refractivity contribution in [3.63, 3.8) is 0 Å². The molecule has 0 bridgehead atoms. The summed E-state index contributed by atoms with van der Waals surface area (Å²) in [7, 11) is 0. The van der Waals surface area contributed by atoms with Gasteiger partial charge in [-0.3, -0.25) is 0 Å². The maximum atomic E-state index is 8.72. The number of halogens is 1. The highest BCUT2D eigenvalue weighted by molar-refractivity contribution is 9.10. The van der Waals surface area contributed by atoms with E-state index < -0.39 is 0 Å². The molecule has 0 radical (unpaired) electrons. The second-order valence-electron chi connectivity index (χ2n) is 3.03. The van der Waals surface area contributed by atoms with Gasteiger partial charge in [0.1, 0.15) is 11.8 Å². The molecule has 3 heteroatoms. The number of nitriles is 1. The number of allylic oxidation sites excluding steroid dienone is 1. The van der Waals surface area contributed by atoms with E-state index in [4.69, 9.17) is 10.00 Å². The molecule has 0 aliphatic rings. The lowest BCUT2D eigenvalue weighted by molar-refractivity contribution is 0.312. The molecule has 0 unspecified atom stereocenters. The van der Waals surface area contributed by atoms with Crippen LogP contribution in [0.15, 0.2) is 35.3 Å². The minimum Gasteiger partial charge on any atom is -0.494 e. The number of hydrogen-bond donors (Lipinski definition) is 0. The Kier molecular flexibility index (Phi) is 4.92. The first kappa shape index (κ1) is 11.8. The molecule has 0 heterocycles. The van der Waals surface area contributed by atoms with E-state index in [1.165, 1.54) is 0 Å². The average Bonchev–Trinajstić information content (AvgIpc) is 2.25. The lowest BCUT2D eigenvalue weighted by Gasteiger charge is -2.05. The van der Waals surface area contributed by atoms with Crippen molar-refractivity contribution in [1.82, 2.24) is 0 Å². The first-order valence-electron chi connectivity index (χ1n) is 4.71. The van der Waals surface area contributed by atoms with Gasteiger partial charge in [0, 0.05) is 4.47 Å². The zero-order valence-corrected chi connectivity index (χ0v) is 9.96. The van der Waals surface area contributed by atoms with Crippen LogP contribution in [0.25, 0.3) is 0 Å². The quantitative estimate of drug-likeness (QED) is 0.601. The molecule has 1 aromatic rings. The first-order chi connectivity index (χ1) is 7.27. The Morgan fingerprint density at radius 3 is 2.93 bits per heavy atom. The fraction of sp³-hybridized carbons (Fsp3) is 0.250. The van der Waals surface area contributed by atoms with Crippen molar-refractivity contribution in [2.24, 2.45) is 0 Å². The molecule has 78 valence electrons. The summed E-state index contributed by atoms with van der Waals surface area (Å²) in [5.41, 5.74) is 0.619. The summed E-state index contributed by atoms with van der Waals surface area (Å²) in [4.78, 5) is 0. The van der Waals surface area contributed by atoms with Gasteiger partial charge in [-0.05, 0) is 47.0 Å². The van der Waals surface area contributed by atoms with E-state index >= 15 is 0 Å². The molecule has 1 aromatic carbocycles. The van der Waals surface area contributed by atoms with Crippen molar-refractivity contribution >= 4 is 15.9 Å². The number of ether oxygens (including phenoxy) is 1. The highest BCUT2D eigenvalue weighted by Crippen LogP contribution is 2.22. The lowest BCUT2D eigenvalue weighted by Crippen LogP contribution is -1.96. The second-order valence-corrected chi connectivity index (χ2v) is 3.89. The number of nitrogens with zero attached hydrogens (tertiary/aromatic N) is 1. The van der Waals surface area contributed by atoms with Crippen LogP contribution in [-0.4, -0.2) is 6.61 Å². The number of hydrogen-bond acceptors (Lipinski definition) is 2. The maximum absolute atomic E-state index is 8.72. The van der Waals surface area contributed by atoms with Crippen molar-refractivity contribution in [2.45, 2.75) is 12.8 Å². The first-order valence-corrected chi connectivity index (χ1v) is 5.50. The van der Waals surface area contributed by atoms with Gasteiger partial charge in [-0.25, -0.2) is 0 Å². The highest BCUT2D eigenvalue weighted by Gasteiger charge is 2.00. The minimum absolute atomic E-state index is 0.619. The molecule has 0 saturated carbocycles. The van der Waals surface area contributed by atoms with Crippen LogP contribution in [0, 0.1) is 11.3 Å². The standard InChI is InChI=1S/C12H12BrNO/c1-2-3-4-7-15-11-6-5-10(9-14)12(13)8-11/h2,5-6,8H,1,3-4,7H2. The highest BCUT2D eigenvalue weighted by atomic mass is 79.9. The Bertz CT molecular complexity index is 382. The molecule has 0 fully saturated rings. The third-order valence-electron chi connectivity index (χ3n) is 1.88. The van der Waals surface area contributed by atoms with Gasteiger partial charge in [-0.15, -0.1) is 6.58 Å². The summed E-state index contributed by atoms with van der Waals surface area (Å²) in [6.45, 7) is 4.31. The number of unbranched alkanes of at least 4 members (excludes halogenated alkanes) is 1. The second kappa shape index (κ2) is 6.26. The number of benzene rings is 1. The Morgan fingerprint density at radius 2 is 2.33 bits per heavy atom. The Balaban J connectivity index is 2.53. The zero-order chi connectivity index (χ0) is 11.1. The van der Waals surface area contributed by atoms with Gasteiger partial charge in [-0.1, -0.05) is 6.08 Å². The fourth-order valence-corrected chi connectivity index (χ4v) is 1.54. The summed E-state index contributed by atoms with van der Waals surface area (Å²) in [6, 6.07) is 7.44.